The number of carbonyl (C=O) groups is 1. The molecule has 1 N–H and O–H groups in total. The second kappa shape index (κ2) is 11.2. The van der Waals surface area contributed by atoms with Gasteiger partial charge in [-0.1, -0.05) is 22.9 Å². The van der Waals surface area contributed by atoms with Crippen molar-refractivity contribution >= 4 is 23.9 Å². The van der Waals surface area contributed by atoms with Crippen molar-refractivity contribution in [3.8, 4) is 5.75 Å². The van der Waals surface area contributed by atoms with E-state index in [1.54, 1.807) is 23.9 Å². The van der Waals surface area contributed by atoms with Crippen LogP contribution in [-0.4, -0.2) is 37.6 Å². The van der Waals surface area contributed by atoms with Crippen molar-refractivity contribution in [3.05, 3.63) is 59.7 Å². The van der Waals surface area contributed by atoms with Gasteiger partial charge in [0.15, 0.2) is 6.61 Å². The summed E-state index contributed by atoms with van der Waals surface area (Å²) in [4.78, 5) is 17.7. The molecule has 0 fully saturated rings. The quantitative estimate of drug-likeness (QED) is 0.288. The summed E-state index contributed by atoms with van der Waals surface area (Å²) in [7, 11) is 0. The van der Waals surface area contributed by atoms with Gasteiger partial charge in [-0.3, -0.25) is 4.79 Å². The van der Waals surface area contributed by atoms with Crippen LogP contribution in [-0.2, 0) is 9.63 Å². The number of rotatable bonds is 10. The number of halogens is 2. The standard InChI is InChI=1S/C19H20F2N2O3S/c1-14-2-8-17(9-3-14)27-11-10-22-18(24)13-25-23-12-15-4-6-16(7-5-15)26-19(20)21/h2-9,12,19H,10-11,13H2,1H3,(H,22,24)/b23-12-. The molecule has 0 heterocycles. The molecule has 0 aliphatic rings. The predicted octanol–water partition coefficient (Wildman–Crippen LogP) is 3.86. The van der Waals surface area contributed by atoms with Crippen molar-refractivity contribution in [2.75, 3.05) is 18.9 Å². The Balaban J connectivity index is 1.59. The Bertz CT molecular complexity index is 738. The number of nitrogens with one attached hydrogen (secondary N) is 1. The third kappa shape index (κ3) is 8.54. The van der Waals surface area contributed by atoms with Crippen molar-refractivity contribution in [2.45, 2.75) is 18.4 Å². The molecule has 8 heteroatoms. The van der Waals surface area contributed by atoms with Gasteiger partial charge < -0.3 is 14.9 Å². The summed E-state index contributed by atoms with van der Waals surface area (Å²) in [6.07, 6.45) is 1.38. The molecule has 0 spiro atoms. The normalized spacial score (nSPS) is 11.0. The number of nitrogens with zero attached hydrogens (tertiary/aromatic N) is 1. The maximum atomic E-state index is 12.0. The number of carbonyl (C=O) groups excluding carboxylic acids is 1. The van der Waals surface area contributed by atoms with E-state index in [0.717, 1.165) is 10.6 Å². The van der Waals surface area contributed by atoms with Gasteiger partial charge in [0.25, 0.3) is 5.91 Å². The van der Waals surface area contributed by atoms with E-state index >= 15 is 0 Å². The molecule has 0 aliphatic carbocycles. The number of amides is 1. The first-order chi connectivity index (χ1) is 13.0. The lowest BCUT2D eigenvalue weighted by molar-refractivity contribution is -0.125. The molecule has 144 valence electrons. The van der Waals surface area contributed by atoms with Gasteiger partial charge in [-0.05, 0) is 48.9 Å². The van der Waals surface area contributed by atoms with E-state index in [2.05, 4.69) is 15.2 Å². The topological polar surface area (TPSA) is 59.9 Å². The van der Waals surface area contributed by atoms with Crippen LogP contribution in [0.1, 0.15) is 11.1 Å². The van der Waals surface area contributed by atoms with Crippen molar-refractivity contribution in [1.82, 2.24) is 5.32 Å². The second-order valence-electron chi connectivity index (χ2n) is 5.47. The van der Waals surface area contributed by atoms with E-state index in [1.165, 1.54) is 23.9 Å². The third-order valence-corrected chi connectivity index (χ3v) is 4.30. The van der Waals surface area contributed by atoms with Crippen LogP contribution in [0.15, 0.2) is 58.6 Å². The van der Waals surface area contributed by atoms with Gasteiger partial charge in [-0.15, -0.1) is 11.8 Å². The first-order valence-corrected chi connectivity index (χ1v) is 9.18. The number of hydrogen-bond acceptors (Lipinski definition) is 5. The molecular weight excluding hydrogens is 374 g/mol. The Kier molecular flexibility index (Phi) is 8.57. The van der Waals surface area contributed by atoms with Crippen LogP contribution in [0.25, 0.3) is 0 Å². The molecule has 5 nitrogen and oxygen atoms in total. The number of aryl methyl sites for hydroxylation is 1. The first kappa shape index (κ1) is 20.7. The zero-order chi connectivity index (χ0) is 19.5. The van der Waals surface area contributed by atoms with Crippen LogP contribution in [0.5, 0.6) is 5.75 Å². The average Bonchev–Trinajstić information content (AvgIpc) is 2.65. The summed E-state index contributed by atoms with van der Waals surface area (Å²) in [5.41, 5.74) is 1.84. The molecule has 0 bridgehead atoms. The van der Waals surface area contributed by atoms with E-state index in [-0.39, 0.29) is 18.3 Å². The fourth-order valence-electron chi connectivity index (χ4n) is 1.97. The Labute approximate surface area is 160 Å². The molecule has 0 radical (unpaired) electrons. The number of hydrogen-bond donors (Lipinski definition) is 1. The Morgan fingerprint density at radius 3 is 2.56 bits per heavy atom. The van der Waals surface area contributed by atoms with Gasteiger partial charge in [0.1, 0.15) is 5.75 Å². The molecule has 2 aromatic carbocycles. The summed E-state index contributed by atoms with van der Waals surface area (Å²) in [5, 5.41) is 6.42. The maximum Gasteiger partial charge on any atom is 0.387 e. The van der Waals surface area contributed by atoms with Crippen LogP contribution >= 0.6 is 11.8 Å². The van der Waals surface area contributed by atoms with Crippen molar-refractivity contribution in [1.29, 1.82) is 0 Å². The second-order valence-corrected chi connectivity index (χ2v) is 6.64. The van der Waals surface area contributed by atoms with E-state index in [0.29, 0.717) is 12.1 Å². The number of benzene rings is 2. The SMILES string of the molecule is Cc1ccc(SCCNC(=O)CO/N=C\c2ccc(OC(F)F)cc2)cc1. The van der Waals surface area contributed by atoms with Gasteiger partial charge >= 0.3 is 6.61 Å². The Morgan fingerprint density at radius 2 is 1.89 bits per heavy atom. The van der Waals surface area contributed by atoms with Gasteiger partial charge in [0.05, 0.1) is 6.21 Å². The molecular formula is C19H20F2N2O3S. The van der Waals surface area contributed by atoms with Crippen LogP contribution in [0.2, 0.25) is 0 Å². The van der Waals surface area contributed by atoms with Crippen LogP contribution < -0.4 is 10.1 Å². The minimum absolute atomic E-state index is 0.0611. The molecule has 0 aromatic heterocycles. The zero-order valence-electron chi connectivity index (χ0n) is 14.7. The Hall–Kier alpha value is -2.61. The number of oxime groups is 1. The fraction of sp³-hybridized carbons (Fsp3) is 0.263. The van der Waals surface area contributed by atoms with Crippen LogP contribution in [0.4, 0.5) is 8.78 Å². The van der Waals surface area contributed by atoms with E-state index in [9.17, 15) is 13.6 Å². The molecule has 0 saturated heterocycles. The maximum absolute atomic E-state index is 12.0. The smallest absolute Gasteiger partial charge is 0.387 e. The highest BCUT2D eigenvalue weighted by atomic mass is 32.2. The van der Waals surface area contributed by atoms with Gasteiger partial charge in [-0.2, -0.15) is 8.78 Å². The van der Waals surface area contributed by atoms with Crippen LogP contribution in [0.3, 0.4) is 0 Å². The number of ether oxygens (including phenoxy) is 1. The predicted molar refractivity (Wildman–Crippen MR) is 102 cm³/mol. The monoisotopic (exact) mass is 394 g/mol. The molecule has 2 aromatic rings. The Morgan fingerprint density at radius 1 is 1.19 bits per heavy atom. The van der Waals surface area contributed by atoms with Gasteiger partial charge in [0.2, 0.25) is 0 Å². The van der Waals surface area contributed by atoms with E-state index in [1.807, 2.05) is 31.2 Å². The lowest BCUT2D eigenvalue weighted by Crippen LogP contribution is -2.28. The molecule has 0 aliphatic heterocycles. The molecule has 2 rings (SSSR count). The summed E-state index contributed by atoms with van der Waals surface area (Å²) in [6, 6.07) is 14.1. The lowest BCUT2D eigenvalue weighted by atomic mass is 10.2. The highest BCUT2D eigenvalue weighted by Crippen LogP contribution is 2.17. The lowest BCUT2D eigenvalue weighted by Gasteiger charge is -2.05. The van der Waals surface area contributed by atoms with E-state index < -0.39 is 6.61 Å². The van der Waals surface area contributed by atoms with E-state index in [4.69, 9.17) is 4.84 Å². The summed E-state index contributed by atoms with van der Waals surface area (Å²) in [6.45, 7) is -0.496. The first-order valence-electron chi connectivity index (χ1n) is 8.19. The summed E-state index contributed by atoms with van der Waals surface area (Å²) < 4.78 is 28.3. The average molecular weight is 394 g/mol. The molecule has 0 saturated carbocycles. The highest BCUT2D eigenvalue weighted by Gasteiger charge is 2.03. The van der Waals surface area contributed by atoms with Crippen molar-refractivity contribution in [2.24, 2.45) is 5.16 Å². The van der Waals surface area contributed by atoms with Crippen molar-refractivity contribution in [3.63, 3.8) is 0 Å². The molecule has 0 atom stereocenters. The molecule has 27 heavy (non-hydrogen) atoms. The van der Waals surface area contributed by atoms with Crippen LogP contribution in [0, 0.1) is 6.92 Å². The van der Waals surface area contributed by atoms with Gasteiger partial charge in [0, 0.05) is 17.2 Å². The summed E-state index contributed by atoms with van der Waals surface area (Å²) in [5.74, 6) is 0.550. The minimum Gasteiger partial charge on any atom is -0.435 e. The van der Waals surface area contributed by atoms with Crippen molar-refractivity contribution < 1.29 is 23.1 Å². The number of alkyl halides is 2. The third-order valence-electron chi connectivity index (χ3n) is 3.29. The molecule has 1 amide bonds. The number of thioether (sulfide) groups is 1. The zero-order valence-corrected chi connectivity index (χ0v) is 15.5. The minimum atomic E-state index is -2.86. The highest BCUT2D eigenvalue weighted by molar-refractivity contribution is 7.99. The molecule has 0 unspecified atom stereocenters. The van der Waals surface area contributed by atoms with Gasteiger partial charge in [-0.25, -0.2) is 0 Å². The fourth-order valence-corrected chi connectivity index (χ4v) is 2.74. The largest absolute Gasteiger partial charge is 0.435 e. The summed E-state index contributed by atoms with van der Waals surface area (Å²) >= 11 is 1.66.